The summed E-state index contributed by atoms with van der Waals surface area (Å²) >= 11 is 6.19. The SMILES string of the molecule is CN(CC(=O)N1CCN(S(=O)(=O)Cc2ccccc2)CC1)Cc1ccccc1Cl. The summed E-state index contributed by atoms with van der Waals surface area (Å²) < 4.78 is 26.8. The van der Waals surface area contributed by atoms with Gasteiger partial charge in [-0.3, -0.25) is 9.69 Å². The predicted octanol–water partition coefficient (Wildman–Crippen LogP) is 2.45. The van der Waals surface area contributed by atoms with Crippen molar-refractivity contribution in [2.24, 2.45) is 0 Å². The van der Waals surface area contributed by atoms with Crippen molar-refractivity contribution in [3.8, 4) is 0 Å². The van der Waals surface area contributed by atoms with E-state index in [1.807, 2.05) is 66.5 Å². The van der Waals surface area contributed by atoms with Crippen LogP contribution in [0, 0.1) is 0 Å². The van der Waals surface area contributed by atoms with Crippen molar-refractivity contribution in [3.63, 3.8) is 0 Å². The molecule has 0 radical (unpaired) electrons. The number of sulfonamides is 1. The average molecular weight is 436 g/mol. The molecule has 0 aliphatic carbocycles. The lowest BCUT2D eigenvalue weighted by Gasteiger charge is -2.34. The van der Waals surface area contributed by atoms with E-state index < -0.39 is 10.0 Å². The molecule has 1 aliphatic heterocycles. The molecule has 6 nitrogen and oxygen atoms in total. The minimum Gasteiger partial charge on any atom is -0.339 e. The molecule has 1 heterocycles. The number of piperazine rings is 1. The van der Waals surface area contributed by atoms with Crippen molar-refractivity contribution in [1.82, 2.24) is 14.1 Å². The summed E-state index contributed by atoms with van der Waals surface area (Å²) in [7, 11) is -1.51. The van der Waals surface area contributed by atoms with E-state index in [0.29, 0.717) is 37.7 Å². The van der Waals surface area contributed by atoms with E-state index in [4.69, 9.17) is 11.6 Å². The molecule has 2 aromatic carbocycles. The number of benzene rings is 2. The molecule has 1 fully saturated rings. The third kappa shape index (κ3) is 6.02. The van der Waals surface area contributed by atoms with Crippen molar-refractivity contribution in [2.75, 3.05) is 39.8 Å². The van der Waals surface area contributed by atoms with E-state index in [2.05, 4.69) is 0 Å². The fourth-order valence-electron chi connectivity index (χ4n) is 3.40. The summed E-state index contributed by atoms with van der Waals surface area (Å²) in [4.78, 5) is 16.3. The number of carbonyl (C=O) groups is 1. The van der Waals surface area contributed by atoms with Gasteiger partial charge in [-0.25, -0.2) is 8.42 Å². The molecule has 156 valence electrons. The second kappa shape index (κ2) is 9.71. The van der Waals surface area contributed by atoms with Gasteiger partial charge < -0.3 is 4.90 Å². The lowest BCUT2D eigenvalue weighted by molar-refractivity contribution is -0.133. The summed E-state index contributed by atoms with van der Waals surface area (Å²) in [5.41, 5.74) is 1.74. The standard InChI is InChI=1S/C21H26ClN3O3S/c1-23(15-19-9-5-6-10-20(19)22)16-21(26)24-11-13-25(14-12-24)29(27,28)17-18-7-3-2-4-8-18/h2-10H,11-17H2,1H3. The first-order chi connectivity index (χ1) is 13.8. The van der Waals surface area contributed by atoms with Crippen molar-refractivity contribution >= 4 is 27.5 Å². The Morgan fingerprint density at radius 3 is 2.28 bits per heavy atom. The maximum atomic E-state index is 12.6. The van der Waals surface area contributed by atoms with Gasteiger partial charge in [0.05, 0.1) is 12.3 Å². The normalized spacial score (nSPS) is 15.6. The van der Waals surface area contributed by atoms with Gasteiger partial charge in [0, 0.05) is 37.7 Å². The number of hydrogen-bond donors (Lipinski definition) is 0. The highest BCUT2D eigenvalue weighted by molar-refractivity contribution is 7.88. The molecule has 0 saturated carbocycles. The Labute approximate surface area is 177 Å². The summed E-state index contributed by atoms with van der Waals surface area (Å²) in [6.07, 6.45) is 0. The van der Waals surface area contributed by atoms with Gasteiger partial charge in [-0.1, -0.05) is 60.1 Å². The monoisotopic (exact) mass is 435 g/mol. The number of halogens is 1. The first kappa shape index (κ1) is 21.8. The van der Waals surface area contributed by atoms with E-state index >= 15 is 0 Å². The molecule has 0 atom stereocenters. The zero-order chi connectivity index (χ0) is 20.9. The molecule has 1 amide bonds. The molecule has 1 aliphatic rings. The van der Waals surface area contributed by atoms with Crippen molar-refractivity contribution in [1.29, 1.82) is 0 Å². The molecular weight excluding hydrogens is 410 g/mol. The summed E-state index contributed by atoms with van der Waals surface area (Å²) in [6.45, 7) is 2.32. The number of hydrogen-bond acceptors (Lipinski definition) is 4. The van der Waals surface area contributed by atoms with Crippen LogP contribution in [0.2, 0.25) is 5.02 Å². The molecule has 0 unspecified atom stereocenters. The third-order valence-electron chi connectivity index (χ3n) is 4.98. The first-order valence-corrected chi connectivity index (χ1v) is 11.6. The zero-order valence-electron chi connectivity index (χ0n) is 16.5. The second-order valence-corrected chi connectivity index (χ2v) is 9.66. The summed E-state index contributed by atoms with van der Waals surface area (Å²) in [5.74, 6) is -0.0119. The highest BCUT2D eigenvalue weighted by atomic mass is 35.5. The number of carbonyl (C=O) groups excluding carboxylic acids is 1. The molecular formula is C21H26ClN3O3S. The Morgan fingerprint density at radius 1 is 1.00 bits per heavy atom. The fourth-order valence-corrected chi connectivity index (χ4v) is 5.11. The van der Waals surface area contributed by atoms with Gasteiger partial charge >= 0.3 is 0 Å². The quantitative estimate of drug-likeness (QED) is 0.670. The van der Waals surface area contributed by atoms with Gasteiger partial charge in [-0.15, -0.1) is 0 Å². The Kier molecular flexibility index (Phi) is 7.29. The molecule has 0 spiro atoms. The van der Waals surface area contributed by atoms with Gasteiger partial charge in [0.15, 0.2) is 0 Å². The topological polar surface area (TPSA) is 60.9 Å². The molecule has 0 aromatic heterocycles. The Bertz CT molecular complexity index is 929. The minimum atomic E-state index is -3.38. The number of rotatable bonds is 7. The predicted molar refractivity (Wildman–Crippen MR) is 115 cm³/mol. The molecule has 29 heavy (non-hydrogen) atoms. The highest BCUT2D eigenvalue weighted by Gasteiger charge is 2.29. The van der Waals surface area contributed by atoms with Crippen molar-refractivity contribution in [3.05, 3.63) is 70.7 Å². The lowest BCUT2D eigenvalue weighted by atomic mass is 10.2. The maximum Gasteiger partial charge on any atom is 0.236 e. The Morgan fingerprint density at radius 2 is 1.62 bits per heavy atom. The van der Waals surface area contributed by atoms with Gasteiger partial charge in [0.25, 0.3) is 0 Å². The smallest absolute Gasteiger partial charge is 0.236 e. The Hall–Kier alpha value is -1.93. The first-order valence-electron chi connectivity index (χ1n) is 9.56. The van der Waals surface area contributed by atoms with Crippen LogP contribution in [0.3, 0.4) is 0 Å². The van der Waals surface area contributed by atoms with E-state index in [1.165, 1.54) is 4.31 Å². The van der Waals surface area contributed by atoms with Gasteiger partial charge in [0.1, 0.15) is 0 Å². The summed E-state index contributed by atoms with van der Waals surface area (Å²) in [6, 6.07) is 16.7. The maximum absolute atomic E-state index is 12.6. The molecule has 8 heteroatoms. The van der Waals surface area contributed by atoms with Crippen LogP contribution in [-0.4, -0.2) is 68.2 Å². The van der Waals surface area contributed by atoms with Crippen LogP contribution in [0.4, 0.5) is 0 Å². The van der Waals surface area contributed by atoms with Crippen LogP contribution >= 0.6 is 11.6 Å². The van der Waals surface area contributed by atoms with E-state index in [9.17, 15) is 13.2 Å². The second-order valence-electron chi connectivity index (χ2n) is 7.29. The molecule has 3 rings (SSSR count). The van der Waals surface area contributed by atoms with Crippen molar-refractivity contribution < 1.29 is 13.2 Å². The van der Waals surface area contributed by atoms with Crippen molar-refractivity contribution in [2.45, 2.75) is 12.3 Å². The van der Waals surface area contributed by atoms with Crippen LogP contribution in [0.25, 0.3) is 0 Å². The average Bonchev–Trinajstić information content (AvgIpc) is 2.70. The number of likely N-dealkylation sites (N-methyl/N-ethyl adjacent to an activating group) is 1. The lowest BCUT2D eigenvalue weighted by Crippen LogP contribution is -2.52. The summed E-state index contributed by atoms with van der Waals surface area (Å²) in [5, 5.41) is 0.684. The van der Waals surface area contributed by atoms with E-state index in [-0.39, 0.29) is 18.2 Å². The van der Waals surface area contributed by atoms with E-state index in [0.717, 1.165) is 11.1 Å². The molecule has 2 aromatic rings. The number of amides is 1. The van der Waals surface area contributed by atoms with E-state index in [1.54, 1.807) is 4.90 Å². The van der Waals surface area contributed by atoms with Crippen LogP contribution < -0.4 is 0 Å². The third-order valence-corrected chi connectivity index (χ3v) is 7.20. The van der Waals surface area contributed by atoms with Crippen LogP contribution in [0.15, 0.2) is 54.6 Å². The van der Waals surface area contributed by atoms with Gasteiger partial charge in [0.2, 0.25) is 15.9 Å². The van der Waals surface area contributed by atoms with Crippen LogP contribution in [0.5, 0.6) is 0 Å². The van der Waals surface area contributed by atoms with Crippen LogP contribution in [0.1, 0.15) is 11.1 Å². The Balaban J connectivity index is 1.49. The fraction of sp³-hybridized carbons (Fsp3) is 0.381. The minimum absolute atomic E-state index is 0.000314. The molecule has 0 bridgehead atoms. The molecule has 1 saturated heterocycles. The zero-order valence-corrected chi connectivity index (χ0v) is 18.1. The highest BCUT2D eigenvalue weighted by Crippen LogP contribution is 2.17. The number of nitrogens with zero attached hydrogens (tertiary/aromatic N) is 3. The largest absolute Gasteiger partial charge is 0.339 e. The van der Waals surface area contributed by atoms with Gasteiger partial charge in [-0.2, -0.15) is 4.31 Å². The van der Waals surface area contributed by atoms with Crippen LogP contribution in [-0.2, 0) is 27.1 Å². The van der Waals surface area contributed by atoms with Gasteiger partial charge in [-0.05, 0) is 24.2 Å². The molecule has 0 N–H and O–H groups in total.